The van der Waals surface area contributed by atoms with E-state index >= 15 is 0 Å². The molecule has 10 heteroatoms. The monoisotopic (exact) mass is 584 g/mol. The number of esters is 1. The maximum atomic E-state index is 13.3. The zero-order chi connectivity index (χ0) is 30.7. The molecule has 0 spiro atoms. The zero-order valence-corrected chi connectivity index (χ0v) is 24.4. The highest BCUT2D eigenvalue weighted by atomic mass is 19.4. The molecule has 0 fully saturated rings. The quantitative estimate of drug-likeness (QED) is 0.272. The van der Waals surface area contributed by atoms with Gasteiger partial charge >= 0.3 is 18.2 Å². The number of alkyl halides is 3. The molecule has 0 saturated heterocycles. The molecule has 4 rings (SSSR count). The Morgan fingerprint density at radius 3 is 2.50 bits per heavy atom. The second-order valence-electron chi connectivity index (χ2n) is 11.3. The summed E-state index contributed by atoms with van der Waals surface area (Å²) in [6.45, 7) is 6.39. The van der Waals surface area contributed by atoms with E-state index < -0.39 is 30.4 Å². The van der Waals surface area contributed by atoms with Crippen molar-refractivity contribution in [2.75, 3.05) is 20.3 Å². The molecule has 0 bridgehead atoms. The predicted octanol–water partition coefficient (Wildman–Crippen LogP) is 7.25. The van der Waals surface area contributed by atoms with E-state index in [-0.39, 0.29) is 11.8 Å². The van der Waals surface area contributed by atoms with Gasteiger partial charge in [-0.1, -0.05) is 24.3 Å². The molecule has 0 N–H and O–H groups in total. The number of hydrogen-bond acceptors (Lipinski definition) is 6. The van der Waals surface area contributed by atoms with E-state index in [1.165, 1.54) is 19.4 Å². The predicted molar refractivity (Wildman–Crippen MR) is 151 cm³/mol. The van der Waals surface area contributed by atoms with E-state index in [1.54, 1.807) is 29.3 Å². The van der Waals surface area contributed by atoms with Crippen LogP contribution in [0.3, 0.4) is 0 Å². The Morgan fingerprint density at radius 2 is 1.83 bits per heavy atom. The number of hydrogen-bond donors (Lipinski definition) is 0. The van der Waals surface area contributed by atoms with E-state index in [0.717, 1.165) is 33.4 Å². The summed E-state index contributed by atoms with van der Waals surface area (Å²) in [6.07, 6.45) is -0.0451. The van der Waals surface area contributed by atoms with Gasteiger partial charge in [0.25, 0.3) is 0 Å². The number of carbonyl (C=O) groups excluding carboxylic acids is 2. The lowest BCUT2D eigenvalue weighted by atomic mass is 9.86. The normalized spacial score (nSPS) is 15.1. The van der Waals surface area contributed by atoms with Crippen molar-refractivity contribution >= 4 is 12.1 Å². The maximum Gasteiger partial charge on any atom is 0.422 e. The molecule has 1 aromatic heterocycles. The van der Waals surface area contributed by atoms with Gasteiger partial charge in [0.1, 0.15) is 11.4 Å². The Labute approximate surface area is 243 Å². The summed E-state index contributed by atoms with van der Waals surface area (Å²) >= 11 is 0. The SMILES string of the molecule is COC(=O)c1ccncc1CCC1c2ccc(-c3ccc(OCC(F)(F)F)cc3C)cc2CCN1C(=O)OC(C)(C)C. The van der Waals surface area contributed by atoms with Crippen LogP contribution in [0, 0.1) is 6.92 Å². The van der Waals surface area contributed by atoms with Crippen LogP contribution >= 0.6 is 0 Å². The molecule has 1 unspecified atom stereocenters. The molecule has 1 aliphatic heterocycles. The van der Waals surface area contributed by atoms with Crippen LogP contribution in [0.5, 0.6) is 5.75 Å². The average molecular weight is 585 g/mol. The molecule has 2 aromatic carbocycles. The summed E-state index contributed by atoms with van der Waals surface area (Å²) < 4.78 is 53.3. The standard InChI is InChI=1S/C32H35F3N2O5/c1-20-16-24(41-19-32(33,34)35)8-10-25(20)21-6-9-26-22(17-21)13-15-37(30(39)42-31(2,3)4)28(26)11-7-23-18-36-14-12-27(23)29(38)40-5/h6,8-10,12,14,16-18,28H,7,11,13,15,19H2,1-5H3. The third-order valence-corrected chi connectivity index (χ3v) is 7.04. The molecular formula is C32H35F3N2O5. The zero-order valence-electron chi connectivity index (χ0n) is 24.4. The van der Waals surface area contributed by atoms with Gasteiger partial charge in [-0.3, -0.25) is 4.98 Å². The van der Waals surface area contributed by atoms with Crippen LogP contribution in [0.25, 0.3) is 11.1 Å². The number of pyridine rings is 1. The minimum Gasteiger partial charge on any atom is -0.484 e. The van der Waals surface area contributed by atoms with Crippen LogP contribution in [0.15, 0.2) is 54.9 Å². The van der Waals surface area contributed by atoms with Gasteiger partial charge < -0.3 is 19.1 Å². The first kappa shape index (κ1) is 30.9. The number of rotatable bonds is 7. The number of fused-ring (bicyclic) bond motifs is 1. The summed E-state index contributed by atoms with van der Waals surface area (Å²) in [5.74, 6) is -0.295. The van der Waals surface area contributed by atoms with Crippen molar-refractivity contribution in [3.8, 4) is 16.9 Å². The third-order valence-electron chi connectivity index (χ3n) is 7.04. The highest BCUT2D eigenvalue weighted by Gasteiger charge is 2.34. The Hall–Kier alpha value is -4.08. The number of ether oxygens (including phenoxy) is 3. The van der Waals surface area contributed by atoms with E-state index in [2.05, 4.69) is 11.1 Å². The summed E-state index contributed by atoms with van der Waals surface area (Å²) in [5, 5.41) is 0. The largest absolute Gasteiger partial charge is 0.484 e. The Kier molecular flexibility index (Phi) is 9.13. The molecule has 1 aliphatic rings. The second-order valence-corrected chi connectivity index (χ2v) is 11.3. The minimum atomic E-state index is -4.41. The van der Waals surface area contributed by atoms with Gasteiger partial charge in [-0.2, -0.15) is 13.2 Å². The van der Waals surface area contributed by atoms with E-state index in [4.69, 9.17) is 14.2 Å². The van der Waals surface area contributed by atoms with Crippen LogP contribution in [0.1, 0.15) is 65.8 Å². The Balaban J connectivity index is 1.64. The fourth-order valence-electron chi connectivity index (χ4n) is 5.17. The van der Waals surface area contributed by atoms with Crippen molar-refractivity contribution in [1.29, 1.82) is 0 Å². The molecular weight excluding hydrogens is 549 g/mol. The van der Waals surface area contributed by atoms with E-state index in [0.29, 0.717) is 31.4 Å². The Bertz CT molecular complexity index is 1450. The first-order chi connectivity index (χ1) is 19.8. The smallest absolute Gasteiger partial charge is 0.422 e. The molecule has 1 atom stereocenters. The number of carbonyl (C=O) groups is 2. The number of amides is 1. The molecule has 0 saturated carbocycles. The molecule has 0 radical (unpaired) electrons. The van der Waals surface area contributed by atoms with Crippen molar-refractivity contribution in [3.63, 3.8) is 0 Å². The average Bonchev–Trinajstić information content (AvgIpc) is 2.92. The van der Waals surface area contributed by atoms with Crippen molar-refractivity contribution in [1.82, 2.24) is 9.88 Å². The number of nitrogens with zero attached hydrogens (tertiary/aromatic N) is 2. The van der Waals surface area contributed by atoms with Gasteiger partial charge in [-0.05, 0) is 98.5 Å². The molecule has 3 aromatic rings. The number of benzene rings is 2. The summed E-state index contributed by atoms with van der Waals surface area (Å²) in [7, 11) is 1.33. The number of halogens is 3. The topological polar surface area (TPSA) is 78.0 Å². The maximum absolute atomic E-state index is 13.3. The molecule has 7 nitrogen and oxygen atoms in total. The van der Waals surface area contributed by atoms with E-state index in [9.17, 15) is 22.8 Å². The van der Waals surface area contributed by atoms with Gasteiger partial charge in [-0.15, -0.1) is 0 Å². The van der Waals surface area contributed by atoms with Crippen LogP contribution in [0.2, 0.25) is 0 Å². The lowest BCUT2D eigenvalue weighted by molar-refractivity contribution is -0.153. The first-order valence-electron chi connectivity index (χ1n) is 13.7. The minimum absolute atomic E-state index is 0.154. The van der Waals surface area contributed by atoms with Crippen LogP contribution in [0.4, 0.5) is 18.0 Å². The number of aromatic nitrogens is 1. The van der Waals surface area contributed by atoms with Crippen LogP contribution in [-0.2, 0) is 22.3 Å². The lowest BCUT2D eigenvalue weighted by Crippen LogP contribution is -2.43. The van der Waals surface area contributed by atoms with Crippen LogP contribution < -0.4 is 4.74 Å². The van der Waals surface area contributed by atoms with Crippen molar-refractivity contribution in [3.05, 3.63) is 82.7 Å². The lowest BCUT2D eigenvalue weighted by Gasteiger charge is -2.38. The first-order valence-corrected chi connectivity index (χ1v) is 13.7. The summed E-state index contributed by atoms with van der Waals surface area (Å²) in [6, 6.07) is 12.2. The van der Waals surface area contributed by atoms with Gasteiger partial charge in [0.2, 0.25) is 0 Å². The molecule has 42 heavy (non-hydrogen) atoms. The van der Waals surface area contributed by atoms with Crippen molar-refractivity contribution < 1.29 is 37.0 Å². The van der Waals surface area contributed by atoms with Gasteiger partial charge in [-0.25, -0.2) is 9.59 Å². The van der Waals surface area contributed by atoms with Gasteiger partial charge in [0, 0.05) is 18.9 Å². The Morgan fingerprint density at radius 1 is 1.07 bits per heavy atom. The van der Waals surface area contributed by atoms with Gasteiger partial charge in [0.15, 0.2) is 6.61 Å². The van der Waals surface area contributed by atoms with E-state index in [1.807, 2.05) is 39.8 Å². The number of methoxy groups -OCH3 is 1. The molecule has 0 aliphatic carbocycles. The third kappa shape index (κ3) is 7.60. The van der Waals surface area contributed by atoms with Gasteiger partial charge in [0.05, 0.1) is 18.7 Å². The molecule has 224 valence electrons. The number of aryl methyl sites for hydroxylation is 2. The highest BCUT2D eigenvalue weighted by molar-refractivity contribution is 5.90. The van der Waals surface area contributed by atoms with Crippen LogP contribution in [-0.4, -0.2) is 54.0 Å². The fourth-order valence-corrected chi connectivity index (χ4v) is 5.17. The fraction of sp³-hybridized carbons (Fsp3) is 0.406. The van der Waals surface area contributed by atoms with Crippen molar-refractivity contribution in [2.24, 2.45) is 0 Å². The summed E-state index contributed by atoms with van der Waals surface area (Å²) in [4.78, 5) is 31.5. The highest BCUT2D eigenvalue weighted by Crippen LogP contribution is 2.38. The molecule has 1 amide bonds. The second kappa shape index (κ2) is 12.4. The van der Waals surface area contributed by atoms with Crippen molar-refractivity contribution in [2.45, 2.75) is 64.8 Å². The molecule has 2 heterocycles. The summed E-state index contributed by atoms with van der Waals surface area (Å²) in [5.41, 5.74) is 5.10.